The second-order valence-electron chi connectivity index (χ2n) is 9.74. The molecule has 1 unspecified atom stereocenters. The van der Waals surface area contributed by atoms with Crippen LogP contribution in [0, 0.1) is 30.4 Å². The van der Waals surface area contributed by atoms with E-state index in [0.717, 1.165) is 78.5 Å². The summed E-state index contributed by atoms with van der Waals surface area (Å²) in [6.07, 6.45) is 4.27. The van der Waals surface area contributed by atoms with Gasteiger partial charge in [-0.15, -0.1) is 0 Å². The lowest BCUT2D eigenvalue weighted by Gasteiger charge is -2.41. The molecule has 2 aromatic carbocycles. The molecular weight excluding hydrogens is 422 g/mol. The van der Waals surface area contributed by atoms with Gasteiger partial charge in [0, 0.05) is 42.2 Å². The molecule has 0 radical (unpaired) electrons. The van der Waals surface area contributed by atoms with Crippen molar-refractivity contribution < 1.29 is 18.7 Å². The number of hydrogen-bond donors (Lipinski definition) is 2. The molecule has 1 saturated heterocycles. The predicted molar refractivity (Wildman–Crippen MR) is 125 cm³/mol. The molecule has 33 heavy (non-hydrogen) atoms. The molecule has 174 valence electrons. The number of carbonyl (C=O) groups excluding carboxylic acids is 1. The van der Waals surface area contributed by atoms with Crippen molar-refractivity contribution >= 4 is 16.8 Å². The van der Waals surface area contributed by atoms with Gasteiger partial charge < -0.3 is 15.0 Å². The molecule has 6 heteroatoms. The number of benzene rings is 2. The van der Waals surface area contributed by atoms with E-state index in [2.05, 4.69) is 4.98 Å². The standard InChI is InChI=1S/C27H30F2N2O2/c1-16-11-22(29)14-23-24(26(30-25(16)23)18-4-6-21(28)7-5-18)19-12-20(13-19)27(33)31-9-2-3-17(15-31)8-10-32/h4-7,11,14,17,19-20,30,32H,2-3,8-10,12-13,15H2,1H3. The van der Waals surface area contributed by atoms with Gasteiger partial charge in [-0.25, -0.2) is 8.78 Å². The molecule has 1 atom stereocenters. The first-order valence-electron chi connectivity index (χ1n) is 11.9. The van der Waals surface area contributed by atoms with Crippen molar-refractivity contribution in [3.8, 4) is 11.3 Å². The molecule has 3 aromatic rings. The van der Waals surface area contributed by atoms with Crippen molar-refractivity contribution in [1.82, 2.24) is 9.88 Å². The number of piperidine rings is 1. The van der Waals surface area contributed by atoms with Crippen molar-refractivity contribution in [1.29, 1.82) is 0 Å². The van der Waals surface area contributed by atoms with Gasteiger partial charge in [-0.1, -0.05) is 0 Å². The maximum atomic E-state index is 14.3. The topological polar surface area (TPSA) is 56.3 Å². The lowest BCUT2D eigenvalue weighted by molar-refractivity contribution is -0.140. The highest BCUT2D eigenvalue weighted by Gasteiger charge is 2.40. The number of H-pyrrole nitrogens is 1. The molecule has 1 saturated carbocycles. The van der Waals surface area contributed by atoms with Crippen LogP contribution in [0.2, 0.25) is 0 Å². The average Bonchev–Trinajstić information content (AvgIpc) is 3.13. The number of aryl methyl sites for hydroxylation is 1. The third-order valence-corrected chi connectivity index (χ3v) is 7.51. The van der Waals surface area contributed by atoms with Crippen LogP contribution in [0.25, 0.3) is 22.2 Å². The Kier molecular flexibility index (Phi) is 5.95. The van der Waals surface area contributed by atoms with E-state index in [0.29, 0.717) is 5.92 Å². The van der Waals surface area contributed by atoms with Gasteiger partial charge in [-0.05, 0) is 104 Å². The Hall–Kier alpha value is -2.73. The van der Waals surface area contributed by atoms with E-state index in [4.69, 9.17) is 0 Å². The highest BCUT2D eigenvalue weighted by Crippen LogP contribution is 2.49. The van der Waals surface area contributed by atoms with Gasteiger partial charge >= 0.3 is 0 Å². The molecule has 1 aliphatic heterocycles. The van der Waals surface area contributed by atoms with E-state index in [9.17, 15) is 18.7 Å². The number of nitrogens with one attached hydrogen (secondary N) is 1. The molecule has 2 N–H and O–H groups in total. The van der Waals surface area contributed by atoms with E-state index < -0.39 is 0 Å². The van der Waals surface area contributed by atoms with Gasteiger partial charge in [-0.2, -0.15) is 0 Å². The number of nitrogens with zero attached hydrogens (tertiary/aromatic N) is 1. The summed E-state index contributed by atoms with van der Waals surface area (Å²) in [5, 5.41) is 10.1. The Labute approximate surface area is 192 Å². The molecule has 1 aliphatic carbocycles. The molecular formula is C27H30F2N2O2. The zero-order valence-corrected chi connectivity index (χ0v) is 18.9. The first-order chi connectivity index (χ1) is 15.9. The molecule has 2 fully saturated rings. The number of halogens is 2. The van der Waals surface area contributed by atoms with Crippen LogP contribution in [-0.4, -0.2) is 40.6 Å². The van der Waals surface area contributed by atoms with Crippen LogP contribution in [0.4, 0.5) is 8.78 Å². The van der Waals surface area contributed by atoms with E-state index in [1.165, 1.54) is 18.2 Å². The Balaban J connectivity index is 1.42. The first kappa shape index (κ1) is 22.1. The Morgan fingerprint density at radius 2 is 1.91 bits per heavy atom. The Bertz CT molecular complexity index is 1160. The Morgan fingerprint density at radius 3 is 2.64 bits per heavy atom. The fourth-order valence-electron chi connectivity index (χ4n) is 5.71. The van der Waals surface area contributed by atoms with E-state index >= 15 is 0 Å². The number of aliphatic hydroxyl groups is 1. The third-order valence-electron chi connectivity index (χ3n) is 7.51. The number of rotatable bonds is 5. The van der Waals surface area contributed by atoms with Crippen LogP contribution in [-0.2, 0) is 4.79 Å². The minimum atomic E-state index is -0.297. The smallest absolute Gasteiger partial charge is 0.225 e. The van der Waals surface area contributed by atoms with Gasteiger partial charge in [-0.3, -0.25) is 4.79 Å². The second-order valence-corrected chi connectivity index (χ2v) is 9.74. The summed E-state index contributed by atoms with van der Waals surface area (Å²) in [5.41, 5.74) is 4.49. The van der Waals surface area contributed by atoms with Crippen molar-refractivity contribution in [3.63, 3.8) is 0 Å². The second kappa shape index (κ2) is 8.90. The highest BCUT2D eigenvalue weighted by atomic mass is 19.1. The fraction of sp³-hybridized carbons (Fsp3) is 0.444. The van der Waals surface area contributed by atoms with E-state index in [1.807, 2.05) is 11.8 Å². The molecule has 2 heterocycles. The third kappa shape index (κ3) is 4.17. The Morgan fingerprint density at radius 1 is 1.15 bits per heavy atom. The highest BCUT2D eigenvalue weighted by molar-refractivity contribution is 5.94. The number of amides is 1. The van der Waals surface area contributed by atoms with E-state index in [1.54, 1.807) is 18.2 Å². The van der Waals surface area contributed by atoms with Gasteiger partial charge in [0.25, 0.3) is 0 Å². The minimum absolute atomic E-state index is 0.0245. The van der Waals surface area contributed by atoms with Crippen molar-refractivity contribution in [2.24, 2.45) is 11.8 Å². The van der Waals surface area contributed by atoms with Crippen LogP contribution in [0.5, 0.6) is 0 Å². The average molecular weight is 453 g/mol. The minimum Gasteiger partial charge on any atom is -0.396 e. The normalized spacial score (nSPS) is 23.0. The van der Waals surface area contributed by atoms with Crippen LogP contribution in [0.15, 0.2) is 36.4 Å². The lowest BCUT2D eigenvalue weighted by Crippen LogP contribution is -2.46. The molecule has 0 bridgehead atoms. The molecule has 1 aromatic heterocycles. The number of aromatic amines is 1. The predicted octanol–water partition coefficient (Wildman–Crippen LogP) is 5.54. The number of fused-ring (bicyclic) bond motifs is 1. The van der Waals surface area contributed by atoms with Crippen LogP contribution < -0.4 is 0 Å². The van der Waals surface area contributed by atoms with Crippen LogP contribution in [0.1, 0.15) is 49.1 Å². The van der Waals surface area contributed by atoms with Crippen LogP contribution in [0.3, 0.4) is 0 Å². The lowest BCUT2D eigenvalue weighted by atomic mass is 9.69. The molecule has 5 rings (SSSR count). The number of carbonyl (C=O) groups is 1. The maximum Gasteiger partial charge on any atom is 0.225 e. The van der Waals surface area contributed by atoms with Gasteiger partial charge in [0.15, 0.2) is 0 Å². The monoisotopic (exact) mass is 452 g/mol. The van der Waals surface area contributed by atoms with Crippen LogP contribution >= 0.6 is 0 Å². The number of aliphatic hydroxyl groups excluding tert-OH is 1. The first-order valence-corrected chi connectivity index (χ1v) is 11.9. The zero-order valence-electron chi connectivity index (χ0n) is 18.9. The molecule has 1 amide bonds. The molecule has 0 spiro atoms. The van der Waals surface area contributed by atoms with Crippen molar-refractivity contribution in [2.75, 3.05) is 19.7 Å². The summed E-state index contributed by atoms with van der Waals surface area (Å²) in [6, 6.07) is 9.44. The SMILES string of the molecule is Cc1cc(F)cc2c(C3CC(C(=O)N4CCCC(CCO)C4)C3)c(-c3ccc(F)cc3)[nH]c12. The summed E-state index contributed by atoms with van der Waals surface area (Å²) in [5.74, 6) is 0.137. The molecule has 2 aliphatic rings. The van der Waals surface area contributed by atoms with Gasteiger partial charge in [0.05, 0.1) is 0 Å². The van der Waals surface area contributed by atoms with Gasteiger partial charge in [0.2, 0.25) is 5.91 Å². The molecule has 4 nitrogen and oxygen atoms in total. The van der Waals surface area contributed by atoms with Crippen molar-refractivity contribution in [3.05, 3.63) is 59.2 Å². The van der Waals surface area contributed by atoms with E-state index in [-0.39, 0.29) is 36.0 Å². The summed E-state index contributed by atoms with van der Waals surface area (Å²) < 4.78 is 27.9. The maximum absolute atomic E-state index is 14.3. The fourth-order valence-corrected chi connectivity index (χ4v) is 5.71. The number of aromatic nitrogens is 1. The summed E-state index contributed by atoms with van der Waals surface area (Å²) >= 11 is 0. The van der Waals surface area contributed by atoms with Gasteiger partial charge in [0.1, 0.15) is 11.6 Å². The number of likely N-dealkylation sites (tertiary alicyclic amines) is 1. The number of hydrogen-bond acceptors (Lipinski definition) is 2. The summed E-state index contributed by atoms with van der Waals surface area (Å²) in [6.45, 7) is 3.58. The quantitative estimate of drug-likeness (QED) is 0.534. The summed E-state index contributed by atoms with van der Waals surface area (Å²) in [4.78, 5) is 18.6. The largest absolute Gasteiger partial charge is 0.396 e. The van der Waals surface area contributed by atoms with Crippen molar-refractivity contribution in [2.45, 2.75) is 44.9 Å². The summed E-state index contributed by atoms with van der Waals surface area (Å²) in [7, 11) is 0. The zero-order chi connectivity index (χ0) is 23.1.